The molecule has 0 spiro atoms. The summed E-state index contributed by atoms with van der Waals surface area (Å²) >= 11 is 0. The number of hydrogen-bond donors (Lipinski definition) is 1. The molecule has 5 heteroatoms. The quantitative estimate of drug-likeness (QED) is 0.786. The number of morpholine rings is 1. The lowest BCUT2D eigenvalue weighted by Crippen LogP contribution is -2.38. The second-order valence-electron chi connectivity index (χ2n) is 9.59. The summed E-state index contributed by atoms with van der Waals surface area (Å²) in [4.78, 5) is 2.41. The molecule has 1 aliphatic rings. The van der Waals surface area contributed by atoms with Crippen molar-refractivity contribution >= 4 is 5.82 Å². The minimum atomic E-state index is 0.180. The molecule has 160 valence electrons. The first-order valence-corrected chi connectivity index (χ1v) is 10.9. The van der Waals surface area contributed by atoms with Crippen molar-refractivity contribution in [2.24, 2.45) is 13.0 Å². The van der Waals surface area contributed by atoms with Crippen LogP contribution < -0.4 is 10.2 Å². The highest BCUT2D eigenvalue weighted by atomic mass is 16.5. The first kappa shape index (κ1) is 21.8. The zero-order chi connectivity index (χ0) is 21.2. The van der Waals surface area contributed by atoms with Gasteiger partial charge in [0, 0.05) is 38.3 Å². The van der Waals surface area contributed by atoms with Crippen LogP contribution in [0.25, 0.3) is 0 Å². The maximum Gasteiger partial charge on any atom is 0.131 e. The molecular weight excluding hydrogens is 360 g/mol. The Morgan fingerprint density at radius 1 is 1.10 bits per heavy atom. The van der Waals surface area contributed by atoms with E-state index in [-0.39, 0.29) is 5.41 Å². The second-order valence-corrected chi connectivity index (χ2v) is 9.59. The highest BCUT2D eigenvalue weighted by Gasteiger charge is 2.23. The predicted molar refractivity (Wildman–Crippen MR) is 121 cm³/mol. The van der Waals surface area contributed by atoms with Gasteiger partial charge in [0.05, 0.1) is 18.9 Å². The SMILES string of the molecule is Cc1nn(C)c(N2CCOCC2)c1CNC(c1ccc(C(C)(C)C)cc1)C(C)C. The van der Waals surface area contributed by atoms with Crippen LogP contribution in [-0.4, -0.2) is 36.1 Å². The minimum absolute atomic E-state index is 0.180. The van der Waals surface area contributed by atoms with E-state index in [2.05, 4.69) is 76.0 Å². The summed E-state index contributed by atoms with van der Waals surface area (Å²) in [7, 11) is 2.05. The summed E-state index contributed by atoms with van der Waals surface area (Å²) in [5, 5.41) is 8.55. The molecule has 1 aromatic carbocycles. The molecule has 3 rings (SSSR count). The molecule has 2 heterocycles. The van der Waals surface area contributed by atoms with Crippen LogP contribution in [0.2, 0.25) is 0 Å². The van der Waals surface area contributed by atoms with E-state index in [1.54, 1.807) is 0 Å². The normalized spacial score (nSPS) is 16.5. The Morgan fingerprint density at radius 3 is 2.28 bits per heavy atom. The van der Waals surface area contributed by atoms with Gasteiger partial charge in [0.25, 0.3) is 0 Å². The van der Waals surface area contributed by atoms with Gasteiger partial charge in [-0.1, -0.05) is 58.9 Å². The molecule has 2 aromatic rings. The number of rotatable bonds is 6. The molecule has 0 aliphatic carbocycles. The van der Waals surface area contributed by atoms with Crippen LogP contribution in [-0.2, 0) is 23.7 Å². The molecule has 0 saturated carbocycles. The Labute approximate surface area is 176 Å². The van der Waals surface area contributed by atoms with E-state index in [1.165, 1.54) is 22.5 Å². The average Bonchev–Trinajstić information content (AvgIpc) is 2.95. The summed E-state index contributed by atoms with van der Waals surface area (Å²) in [5.41, 5.74) is 5.31. The maximum absolute atomic E-state index is 5.54. The molecule has 1 aromatic heterocycles. The van der Waals surface area contributed by atoms with Gasteiger partial charge in [-0.25, -0.2) is 0 Å². The standard InChI is InChI=1S/C24H38N4O/c1-17(2)22(19-8-10-20(11-9-19)24(4,5)6)25-16-21-18(3)26-27(7)23(21)28-12-14-29-15-13-28/h8-11,17,22,25H,12-16H2,1-7H3. The summed E-state index contributed by atoms with van der Waals surface area (Å²) in [6.07, 6.45) is 0. The minimum Gasteiger partial charge on any atom is -0.378 e. The van der Waals surface area contributed by atoms with Gasteiger partial charge in [-0.3, -0.25) is 4.68 Å². The van der Waals surface area contributed by atoms with Crippen molar-refractivity contribution in [1.29, 1.82) is 0 Å². The monoisotopic (exact) mass is 398 g/mol. The highest BCUT2D eigenvalue weighted by Crippen LogP contribution is 2.29. The van der Waals surface area contributed by atoms with Crippen molar-refractivity contribution in [2.75, 3.05) is 31.2 Å². The van der Waals surface area contributed by atoms with Gasteiger partial charge < -0.3 is 15.0 Å². The van der Waals surface area contributed by atoms with Crippen LogP contribution in [0.4, 0.5) is 5.82 Å². The number of hydrogen-bond acceptors (Lipinski definition) is 4. The van der Waals surface area contributed by atoms with Crippen molar-refractivity contribution in [3.63, 3.8) is 0 Å². The van der Waals surface area contributed by atoms with Crippen LogP contribution in [0, 0.1) is 12.8 Å². The Morgan fingerprint density at radius 2 is 1.72 bits per heavy atom. The second kappa shape index (κ2) is 8.88. The lowest BCUT2D eigenvalue weighted by Gasteiger charge is -2.30. The molecule has 0 radical (unpaired) electrons. The van der Waals surface area contributed by atoms with Gasteiger partial charge in [0.2, 0.25) is 0 Å². The third-order valence-corrected chi connectivity index (χ3v) is 5.93. The van der Waals surface area contributed by atoms with Gasteiger partial charge in [-0.05, 0) is 29.4 Å². The first-order valence-electron chi connectivity index (χ1n) is 10.9. The molecular formula is C24H38N4O. The first-order chi connectivity index (χ1) is 13.7. The van der Waals surface area contributed by atoms with Crippen LogP contribution in [0.3, 0.4) is 0 Å². The van der Waals surface area contributed by atoms with Crippen molar-refractivity contribution in [3.05, 3.63) is 46.6 Å². The Bertz CT molecular complexity index is 796. The maximum atomic E-state index is 5.54. The molecule has 1 aliphatic heterocycles. The lowest BCUT2D eigenvalue weighted by atomic mass is 9.85. The van der Waals surface area contributed by atoms with E-state index in [4.69, 9.17) is 9.84 Å². The van der Waals surface area contributed by atoms with Crippen molar-refractivity contribution in [1.82, 2.24) is 15.1 Å². The van der Waals surface area contributed by atoms with Gasteiger partial charge in [-0.2, -0.15) is 5.10 Å². The largest absolute Gasteiger partial charge is 0.378 e. The van der Waals surface area contributed by atoms with E-state index in [0.717, 1.165) is 38.5 Å². The Kier molecular flexibility index (Phi) is 6.69. The van der Waals surface area contributed by atoms with Crippen molar-refractivity contribution in [2.45, 2.75) is 59.5 Å². The lowest BCUT2D eigenvalue weighted by molar-refractivity contribution is 0.122. The van der Waals surface area contributed by atoms with E-state index >= 15 is 0 Å². The van der Waals surface area contributed by atoms with Crippen LogP contribution >= 0.6 is 0 Å². The van der Waals surface area contributed by atoms with E-state index < -0.39 is 0 Å². The number of nitrogens with zero attached hydrogens (tertiary/aromatic N) is 3. The molecule has 1 unspecified atom stereocenters. The molecule has 1 atom stereocenters. The van der Waals surface area contributed by atoms with Crippen molar-refractivity contribution in [3.8, 4) is 0 Å². The zero-order valence-corrected chi connectivity index (χ0v) is 19.2. The number of anilines is 1. The van der Waals surface area contributed by atoms with Crippen molar-refractivity contribution < 1.29 is 4.74 Å². The van der Waals surface area contributed by atoms with E-state index in [0.29, 0.717) is 12.0 Å². The van der Waals surface area contributed by atoms with Gasteiger partial charge in [0.15, 0.2) is 0 Å². The van der Waals surface area contributed by atoms with Crippen LogP contribution in [0.1, 0.15) is 63.0 Å². The molecule has 1 N–H and O–H groups in total. The third-order valence-electron chi connectivity index (χ3n) is 5.93. The third kappa shape index (κ3) is 5.01. The number of aromatic nitrogens is 2. The number of benzene rings is 1. The number of aryl methyl sites for hydroxylation is 2. The number of ether oxygens (including phenoxy) is 1. The molecule has 0 bridgehead atoms. The summed E-state index contributed by atoms with van der Waals surface area (Å²) in [6.45, 7) is 17.7. The average molecular weight is 399 g/mol. The fraction of sp³-hybridized carbons (Fsp3) is 0.625. The van der Waals surface area contributed by atoms with Gasteiger partial charge in [0.1, 0.15) is 5.82 Å². The van der Waals surface area contributed by atoms with Crippen LogP contribution in [0.5, 0.6) is 0 Å². The van der Waals surface area contributed by atoms with E-state index in [9.17, 15) is 0 Å². The van der Waals surface area contributed by atoms with E-state index in [1.807, 2.05) is 11.7 Å². The fourth-order valence-corrected chi connectivity index (χ4v) is 4.21. The van der Waals surface area contributed by atoms with Crippen LogP contribution in [0.15, 0.2) is 24.3 Å². The zero-order valence-electron chi connectivity index (χ0n) is 19.2. The summed E-state index contributed by atoms with van der Waals surface area (Å²) in [6, 6.07) is 9.44. The smallest absolute Gasteiger partial charge is 0.131 e. The predicted octanol–water partition coefficient (Wildman–Crippen LogP) is 4.35. The Hall–Kier alpha value is -1.85. The highest BCUT2D eigenvalue weighted by molar-refractivity contribution is 5.50. The topological polar surface area (TPSA) is 42.3 Å². The molecule has 5 nitrogen and oxygen atoms in total. The summed E-state index contributed by atoms with van der Waals surface area (Å²) < 4.78 is 7.57. The van der Waals surface area contributed by atoms with Gasteiger partial charge >= 0.3 is 0 Å². The fourth-order valence-electron chi connectivity index (χ4n) is 4.21. The molecule has 1 fully saturated rings. The molecule has 1 saturated heterocycles. The Balaban J connectivity index is 1.79. The molecule has 0 amide bonds. The molecule has 29 heavy (non-hydrogen) atoms. The van der Waals surface area contributed by atoms with Gasteiger partial charge in [-0.15, -0.1) is 0 Å². The number of nitrogens with one attached hydrogen (secondary N) is 1. The summed E-state index contributed by atoms with van der Waals surface area (Å²) in [5.74, 6) is 1.73.